The lowest BCUT2D eigenvalue weighted by Crippen LogP contribution is -2.18. The predicted octanol–water partition coefficient (Wildman–Crippen LogP) is 2.95. The minimum absolute atomic E-state index is 0.0365. The van der Waals surface area contributed by atoms with Crippen LogP contribution in [-0.2, 0) is 9.53 Å². The Labute approximate surface area is 125 Å². The normalized spacial score (nSPS) is 11.7. The topological polar surface area (TPSA) is 82.3 Å². The third kappa shape index (κ3) is 3.17. The second-order valence-electron chi connectivity index (χ2n) is 4.16. The Kier molecular flexibility index (Phi) is 4.49. The molecular formula is C14H11ClN2O4. The molecule has 2 rings (SSSR count). The number of aromatic nitrogens is 1. The molecule has 0 amide bonds. The van der Waals surface area contributed by atoms with Crippen LogP contribution in [0.25, 0.3) is 0 Å². The van der Waals surface area contributed by atoms with Gasteiger partial charge in [-0.15, -0.1) is 0 Å². The number of hydrogen-bond donors (Lipinski definition) is 0. The number of ether oxygens (including phenoxy) is 1. The Morgan fingerprint density at radius 1 is 1.29 bits per heavy atom. The largest absolute Gasteiger partial charge is 0.468 e. The van der Waals surface area contributed by atoms with Crippen LogP contribution in [0.15, 0.2) is 42.5 Å². The second-order valence-corrected chi connectivity index (χ2v) is 4.55. The van der Waals surface area contributed by atoms with Crippen molar-refractivity contribution in [2.75, 3.05) is 7.11 Å². The molecule has 0 radical (unpaired) electrons. The quantitative estimate of drug-likeness (QED) is 0.375. The van der Waals surface area contributed by atoms with Crippen LogP contribution in [0.3, 0.4) is 0 Å². The van der Waals surface area contributed by atoms with Crippen molar-refractivity contribution in [3.8, 4) is 0 Å². The van der Waals surface area contributed by atoms with Gasteiger partial charge in [0, 0.05) is 6.07 Å². The zero-order valence-corrected chi connectivity index (χ0v) is 11.8. The average molecular weight is 307 g/mol. The molecule has 1 aromatic carbocycles. The molecule has 1 unspecified atom stereocenters. The van der Waals surface area contributed by atoms with Crippen LogP contribution in [0.1, 0.15) is 17.2 Å². The molecule has 21 heavy (non-hydrogen) atoms. The number of nitrogens with zero attached hydrogens (tertiary/aromatic N) is 2. The minimum atomic E-state index is -1.00. The molecule has 1 heterocycles. The van der Waals surface area contributed by atoms with Gasteiger partial charge in [-0.3, -0.25) is 14.9 Å². The highest BCUT2D eigenvalue weighted by molar-refractivity contribution is 6.29. The van der Waals surface area contributed by atoms with Gasteiger partial charge in [-0.2, -0.15) is 0 Å². The van der Waals surface area contributed by atoms with Gasteiger partial charge in [-0.1, -0.05) is 41.9 Å². The van der Waals surface area contributed by atoms with E-state index in [9.17, 15) is 14.9 Å². The number of methoxy groups -OCH3 is 1. The van der Waals surface area contributed by atoms with Crippen LogP contribution in [0, 0.1) is 10.1 Å². The van der Waals surface area contributed by atoms with E-state index in [4.69, 9.17) is 16.3 Å². The number of benzene rings is 1. The highest BCUT2D eigenvalue weighted by Crippen LogP contribution is 2.32. The van der Waals surface area contributed by atoms with Crippen LogP contribution in [0.5, 0.6) is 0 Å². The van der Waals surface area contributed by atoms with E-state index >= 15 is 0 Å². The summed E-state index contributed by atoms with van der Waals surface area (Å²) in [6.07, 6.45) is 0. The van der Waals surface area contributed by atoms with Gasteiger partial charge < -0.3 is 4.74 Å². The summed E-state index contributed by atoms with van der Waals surface area (Å²) in [6.45, 7) is 0. The van der Waals surface area contributed by atoms with E-state index < -0.39 is 16.8 Å². The molecule has 0 spiro atoms. The van der Waals surface area contributed by atoms with Gasteiger partial charge in [0.15, 0.2) is 0 Å². The highest BCUT2D eigenvalue weighted by Gasteiger charge is 2.32. The van der Waals surface area contributed by atoms with E-state index in [1.807, 2.05) is 0 Å². The van der Waals surface area contributed by atoms with E-state index in [0.717, 1.165) is 0 Å². The molecule has 1 atom stereocenters. The van der Waals surface area contributed by atoms with Crippen molar-refractivity contribution in [3.05, 3.63) is 69.0 Å². The Hall–Kier alpha value is -2.47. The lowest BCUT2D eigenvalue weighted by atomic mass is 9.94. The SMILES string of the molecule is COC(=O)C(c1ccccc1)c1nc(Cl)ccc1[N+](=O)[O-]. The summed E-state index contributed by atoms with van der Waals surface area (Å²) in [7, 11) is 1.22. The van der Waals surface area contributed by atoms with Crippen molar-refractivity contribution in [2.45, 2.75) is 5.92 Å². The smallest absolute Gasteiger partial charge is 0.319 e. The van der Waals surface area contributed by atoms with E-state index in [0.29, 0.717) is 5.56 Å². The summed E-state index contributed by atoms with van der Waals surface area (Å²) in [6, 6.07) is 11.1. The zero-order chi connectivity index (χ0) is 15.4. The number of hydrogen-bond acceptors (Lipinski definition) is 5. The van der Waals surface area contributed by atoms with Crippen LogP contribution in [0.4, 0.5) is 5.69 Å². The lowest BCUT2D eigenvalue weighted by molar-refractivity contribution is -0.386. The van der Waals surface area contributed by atoms with Gasteiger partial charge >= 0.3 is 5.97 Å². The van der Waals surface area contributed by atoms with E-state index in [-0.39, 0.29) is 16.5 Å². The second kappa shape index (κ2) is 6.32. The molecule has 2 aromatic rings. The molecule has 0 fully saturated rings. The highest BCUT2D eigenvalue weighted by atomic mass is 35.5. The lowest BCUT2D eigenvalue weighted by Gasteiger charge is -2.14. The van der Waals surface area contributed by atoms with Gasteiger partial charge in [-0.25, -0.2) is 4.98 Å². The average Bonchev–Trinajstić information content (AvgIpc) is 2.48. The number of carbonyl (C=O) groups is 1. The molecule has 108 valence electrons. The molecule has 0 saturated carbocycles. The third-order valence-corrected chi connectivity index (χ3v) is 3.12. The summed E-state index contributed by atoms with van der Waals surface area (Å²) in [5, 5.41) is 11.2. The van der Waals surface area contributed by atoms with Crippen molar-refractivity contribution in [1.29, 1.82) is 0 Å². The van der Waals surface area contributed by atoms with Gasteiger partial charge in [0.2, 0.25) is 0 Å². The summed E-state index contributed by atoms with van der Waals surface area (Å²) in [4.78, 5) is 26.6. The number of esters is 1. The molecule has 6 nitrogen and oxygen atoms in total. The van der Waals surface area contributed by atoms with E-state index in [1.54, 1.807) is 30.3 Å². The fraction of sp³-hybridized carbons (Fsp3) is 0.143. The third-order valence-electron chi connectivity index (χ3n) is 2.91. The van der Waals surface area contributed by atoms with Crippen molar-refractivity contribution in [1.82, 2.24) is 4.98 Å². The molecule has 0 saturated heterocycles. The van der Waals surface area contributed by atoms with Crippen molar-refractivity contribution >= 4 is 23.3 Å². The van der Waals surface area contributed by atoms with E-state index in [2.05, 4.69) is 4.98 Å². The Bertz CT molecular complexity index is 676. The van der Waals surface area contributed by atoms with E-state index in [1.165, 1.54) is 19.2 Å². The molecule has 0 bridgehead atoms. The minimum Gasteiger partial charge on any atom is -0.468 e. The molecule has 0 aliphatic heterocycles. The first-order chi connectivity index (χ1) is 10.0. The molecule has 7 heteroatoms. The van der Waals surface area contributed by atoms with Crippen molar-refractivity contribution in [2.24, 2.45) is 0 Å². The summed E-state index contributed by atoms with van der Waals surface area (Å²) < 4.78 is 4.75. The number of nitro groups is 1. The van der Waals surface area contributed by atoms with Crippen LogP contribution >= 0.6 is 11.6 Å². The zero-order valence-electron chi connectivity index (χ0n) is 11.0. The Morgan fingerprint density at radius 2 is 1.95 bits per heavy atom. The monoisotopic (exact) mass is 306 g/mol. The maximum Gasteiger partial charge on any atom is 0.319 e. The first-order valence-electron chi connectivity index (χ1n) is 5.98. The summed E-state index contributed by atoms with van der Waals surface area (Å²) in [5.74, 6) is -1.64. The molecular weight excluding hydrogens is 296 g/mol. The fourth-order valence-electron chi connectivity index (χ4n) is 1.98. The first kappa shape index (κ1) is 14.9. The Morgan fingerprint density at radius 3 is 2.52 bits per heavy atom. The molecule has 1 aromatic heterocycles. The first-order valence-corrected chi connectivity index (χ1v) is 6.36. The fourth-order valence-corrected chi connectivity index (χ4v) is 2.13. The number of carbonyl (C=O) groups excluding carboxylic acids is 1. The Balaban J connectivity index is 2.65. The van der Waals surface area contributed by atoms with Crippen LogP contribution in [-0.4, -0.2) is 23.0 Å². The van der Waals surface area contributed by atoms with Gasteiger partial charge in [0.25, 0.3) is 5.69 Å². The number of halogens is 1. The van der Waals surface area contributed by atoms with Crippen molar-refractivity contribution < 1.29 is 14.5 Å². The van der Waals surface area contributed by atoms with Crippen molar-refractivity contribution in [3.63, 3.8) is 0 Å². The maximum absolute atomic E-state index is 12.1. The van der Waals surface area contributed by atoms with Crippen LogP contribution in [0.2, 0.25) is 5.15 Å². The standard InChI is InChI=1S/C14H11ClN2O4/c1-21-14(18)12(9-5-3-2-4-6-9)13-10(17(19)20)7-8-11(15)16-13/h2-8,12H,1H3. The summed E-state index contributed by atoms with van der Waals surface area (Å²) >= 11 is 5.82. The summed E-state index contributed by atoms with van der Waals surface area (Å²) in [5.41, 5.74) is 0.228. The molecule has 0 aliphatic carbocycles. The predicted molar refractivity (Wildman–Crippen MR) is 76.2 cm³/mol. The number of pyridine rings is 1. The van der Waals surface area contributed by atoms with Crippen LogP contribution < -0.4 is 0 Å². The molecule has 0 aliphatic rings. The number of rotatable bonds is 4. The van der Waals surface area contributed by atoms with Gasteiger partial charge in [0.1, 0.15) is 16.8 Å². The van der Waals surface area contributed by atoms with Gasteiger partial charge in [-0.05, 0) is 11.6 Å². The maximum atomic E-state index is 12.1. The van der Waals surface area contributed by atoms with Gasteiger partial charge in [0.05, 0.1) is 12.0 Å². The molecule has 0 N–H and O–H groups in total.